The van der Waals surface area contributed by atoms with Gasteiger partial charge in [0.2, 0.25) is 0 Å². The van der Waals surface area contributed by atoms with E-state index < -0.39 is 0 Å². The first-order valence-corrected chi connectivity index (χ1v) is 7.26. The van der Waals surface area contributed by atoms with E-state index in [1.807, 2.05) is 22.9 Å². The number of aryl methyl sites for hydroxylation is 1. The van der Waals surface area contributed by atoms with Gasteiger partial charge in [0.15, 0.2) is 0 Å². The number of hydrogen-bond acceptors (Lipinski definition) is 4. The van der Waals surface area contributed by atoms with Crippen molar-refractivity contribution in [2.24, 2.45) is 5.73 Å². The van der Waals surface area contributed by atoms with Gasteiger partial charge in [0.05, 0.1) is 34.0 Å². The molecule has 108 valence electrons. The van der Waals surface area contributed by atoms with Crippen LogP contribution in [0.25, 0.3) is 11.0 Å². The minimum atomic E-state index is -0.382. The summed E-state index contributed by atoms with van der Waals surface area (Å²) in [4.78, 5) is 8.72. The maximum absolute atomic E-state index is 6.45. The molecular formula is C15H16ClN5. The molecule has 3 aromatic rings. The summed E-state index contributed by atoms with van der Waals surface area (Å²) in [6, 6.07) is 5.43. The molecule has 3 rings (SSSR count). The van der Waals surface area contributed by atoms with Gasteiger partial charge in [-0.3, -0.25) is 14.6 Å². The first kappa shape index (κ1) is 14.0. The fraction of sp³-hybridized carbons (Fsp3) is 0.267. The molecule has 0 fully saturated rings. The van der Waals surface area contributed by atoms with Gasteiger partial charge in [-0.1, -0.05) is 30.7 Å². The monoisotopic (exact) mass is 301 g/mol. The Balaban J connectivity index is 2.13. The second-order valence-corrected chi connectivity index (χ2v) is 5.26. The molecule has 1 aromatic carbocycles. The van der Waals surface area contributed by atoms with Gasteiger partial charge in [-0.05, 0) is 12.5 Å². The van der Waals surface area contributed by atoms with Crippen molar-refractivity contribution in [2.45, 2.75) is 25.9 Å². The molecule has 6 heteroatoms. The largest absolute Gasteiger partial charge is 0.319 e. The van der Waals surface area contributed by atoms with Crippen molar-refractivity contribution in [3.8, 4) is 0 Å². The van der Waals surface area contributed by atoms with E-state index in [1.54, 1.807) is 18.6 Å². The number of hydrogen-bond donors (Lipinski definition) is 1. The molecule has 0 bridgehead atoms. The van der Waals surface area contributed by atoms with Crippen LogP contribution in [0.1, 0.15) is 30.6 Å². The zero-order valence-corrected chi connectivity index (χ0v) is 12.5. The number of fused-ring (bicyclic) bond motifs is 1. The van der Waals surface area contributed by atoms with Crippen molar-refractivity contribution in [1.29, 1.82) is 0 Å². The van der Waals surface area contributed by atoms with Crippen molar-refractivity contribution < 1.29 is 0 Å². The lowest BCUT2D eigenvalue weighted by atomic mass is 10.0. The molecule has 2 aromatic heterocycles. The van der Waals surface area contributed by atoms with Crippen LogP contribution in [0.4, 0.5) is 0 Å². The van der Waals surface area contributed by atoms with Gasteiger partial charge in [-0.15, -0.1) is 0 Å². The molecule has 2 heterocycles. The summed E-state index contributed by atoms with van der Waals surface area (Å²) in [5, 5.41) is 4.88. The van der Waals surface area contributed by atoms with E-state index in [4.69, 9.17) is 17.3 Å². The summed E-state index contributed by atoms with van der Waals surface area (Å²) < 4.78 is 1.86. The highest BCUT2D eigenvalue weighted by atomic mass is 35.5. The van der Waals surface area contributed by atoms with Crippen molar-refractivity contribution in [2.75, 3.05) is 0 Å². The molecule has 0 aliphatic heterocycles. The van der Waals surface area contributed by atoms with E-state index >= 15 is 0 Å². The fourth-order valence-electron chi connectivity index (χ4n) is 2.48. The number of halogens is 1. The molecule has 0 radical (unpaired) electrons. The average molecular weight is 302 g/mol. The van der Waals surface area contributed by atoms with Crippen molar-refractivity contribution in [3.63, 3.8) is 0 Å². The number of aromatic nitrogens is 4. The lowest BCUT2D eigenvalue weighted by Crippen LogP contribution is -2.18. The second kappa shape index (κ2) is 5.79. The van der Waals surface area contributed by atoms with Crippen molar-refractivity contribution in [3.05, 3.63) is 53.1 Å². The molecule has 0 spiro atoms. The zero-order chi connectivity index (χ0) is 14.8. The number of rotatable bonds is 4. The lowest BCUT2D eigenvalue weighted by Gasteiger charge is -2.16. The second-order valence-electron chi connectivity index (χ2n) is 4.85. The highest BCUT2D eigenvalue weighted by Gasteiger charge is 2.20. The molecule has 0 saturated heterocycles. The van der Waals surface area contributed by atoms with Crippen LogP contribution >= 0.6 is 11.6 Å². The summed E-state index contributed by atoms with van der Waals surface area (Å²) in [5.74, 6) is 0. The molecule has 1 unspecified atom stereocenters. The number of para-hydroxylation sites is 1. The summed E-state index contributed by atoms with van der Waals surface area (Å²) in [6.07, 6.45) is 5.95. The van der Waals surface area contributed by atoms with Gasteiger partial charge < -0.3 is 5.73 Å². The smallest absolute Gasteiger partial charge is 0.0938 e. The molecule has 1 atom stereocenters. The van der Waals surface area contributed by atoms with Crippen LogP contribution in [-0.2, 0) is 6.54 Å². The fourth-order valence-corrected chi connectivity index (χ4v) is 2.74. The van der Waals surface area contributed by atoms with E-state index in [0.717, 1.165) is 35.3 Å². The van der Waals surface area contributed by atoms with Gasteiger partial charge in [0.25, 0.3) is 0 Å². The van der Waals surface area contributed by atoms with E-state index in [0.29, 0.717) is 5.02 Å². The van der Waals surface area contributed by atoms with Gasteiger partial charge >= 0.3 is 0 Å². The van der Waals surface area contributed by atoms with Gasteiger partial charge in [0, 0.05) is 24.5 Å². The minimum absolute atomic E-state index is 0.382. The van der Waals surface area contributed by atoms with Gasteiger partial charge in [0.1, 0.15) is 0 Å². The summed E-state index contributed by atoms with van der Waals surface area (Å²) >= 11 is 6.28. The highest BCUT2D eigenvalue weighted by molar-refractivity contribution is 6.31. The third-order valence-corrected chi connectivity index (χ3v) is 3.72. The first-order chi connectivity index (χ1) is 10.2. The molecule has 2 N–H and O–H groups in total. The molecule has 5 nitrogen and oxygen atoms in total. The Morgan fingerprint density at radius 1 is 1.29 bits per heavy atom. The molecule has 0 saturated carbocycles. The summed E-state index contributed by atoms with van der Waals surface area (Å²) in [5.41, 5.74) is 9.79. The van der Waals surface area contributed by atoms with Crippen LogP contribution in [0.2, 0.25) is 5.02 Å². The zero-order valence-electron chi connectivity index (χ0n) is 11.7. The van der Waals surface area contributed by atoms with E-state index in [-0.39, 0.29) is 6.04 Å². The standard InChI is InChI=1S/C15H16ClN5/c1-2-8-21-15(11(16)9-20-21)13(17)10-4-3-5-12-14(10)19-7-6-18-12/h3-7,9,13H,2,8,17H2,1H3. The third-order valence-electron chi connectivity index (χ3n) is 3.43. The van der Waals surface area contributed by atoms with Crippen LogP contribution in [-0.4, -0.2) is 19.7 Å². The van der Waals surface area contributed by atoms with Crippen LogP contribution < -0.4 is 5.73 Å². The topological polar surface area (TPSA) is 69.6 Å². The quantitative estimate of drug-likeness (QED) is 0.804. The van der Waals surface area contributed by atoms with Crippen LogP contribution in [0.3, 0.4) is 0 Å². The van der Waals surface area contributed by atoms with Crippen LogP contribution in [0.15, 0.2) is 36.8 Å². The number of nitrogens with zero attached hydrogens (tertiary/aromatic N) is 4. The van der Waals surface area contributed by atoms with Crippen LogP contribution in [0.5, 0.6) is 0 Å². The Labute approximate surface area is 127 Å². The molecular weight excluding hydrogens is 286 g/mol. The minimum Gasteiger partial charge on any atom is -0.319 e. The third kappa shape index (κ3) is 2.50. The predicted molar refractivity (Wildman–Crippen MR) is 83.1 cm³/mol. The average Bonchev–Trinajstić information content (AvgIpc) is 2.87. The van der Waals surface area contributed by atoms with Crippen molar-refractivity contribution >= 4 is 22.6 Å². The Morgan fingerprint density at radius 3 is 2.90 bits per heavy atom. The van der Waals surface area contributed by atoms with Gasteiger partial charge in [-0.2, -0.15) is 5.10 Å². The van der Waals surface area contributed by atoms with Crippen molar-refractivity contribution in [1.82, 2.24) is 19.7 Å². The van der Waals surface area contributed by atoms with Gasteiger partial charge in [-0.25, -0.2) is 0 Å². The maximum Gasteiger partial charge on any atom is 0.0938 e. The Morgan fingerprint density at radius 2 is 2.10 bits per heavy atom. The Kier molecular flexibility index (Phi) is 3.86. The maximum atomic E-state index is 6.45. The van der Waals surface area contributed by atoms with E-state index in [1.165, 1.54) is 0 Å². The number of benzene rings is 1. The highest BCUT2D eigenvalue weighted by Crippen LogP contribution is 2.29. The van der Waals surface area contributed by atoms with E-state index in [9.17, 15) is 0 Å². The molecule has 0 aliphatic rings. The molecule has 21 heavy (non-hydrogen) atoms. The lowest BCUT2D eigenvalue weighted by molar-refractivity contribution is 0.560. The normalized spacial score (nSPS) is 12.7. The molecule has 0 aliphatic carbocycles. The summed E-state index contributed by atoms with van der Waals surface area (Å²) in [6.45, 7) is 2.88. The van der Waals surface area contributed by atoms with Crippen LogP contribution in [0, 0.1) is 0 Å². The first-order valence-electron chi connectivity index (χ1n) is 6.88. The summed E-state index contributed by atoms with van der Waals surface area (Å²) in [7, 11) is 0. The predicted octanol–water partition coefficient (Wildman–Crippen LogP) is 2.94. The van der Waals surface area contributed by atoms with E-state index in [2.05, 4.69) is 22.0 Å². The SMILES string of the molecule is CCCn1ncc(Cl)c1C(N)c1cccc2nccnc12. The number of nitrogens with two attached hydrogens (primary N) is 1. The Bertz CT molecular complexity index is 762. The molecule has 0 amide bonds. The Hall–Kier alpha value is -1.98.